The monoisotopic (exact) mass is 303 g/mol. The molecule has 1 aromatic heterocycles. The number of carbonyl (C=O) groups is 3. The molecule has 8 heteroatoms. The number of nitrogens with one attached hydrogen (secondary N) is 1. The maximum Gasteiger partial charge on any atom is 0.357 e. The molecule has 0 fully saturated rings. The second-order valence-electron chi connectivity index (χ2n) is 4.39. The molecule has 0 saturated heterocycles. The highest BCUT2D eigenvalue weighted by atomic mass is 32.1. The Morgan fingerprint density at radius 3 is 2.71 bits per heavy atom. The number of hydrogen-bond donors (Lipinski definition) is 2. The molecule has 2 heterocycles. The number of thiazole rings is 1. The zero-order valence-corrected chi connectivity index (χ0v) is 11.6. The van der Waals surface area contributed by atoms with Crippen LogP contribution in [0, 0.1) is 0 Å². The van der Waals surface area contributed by atoms with E-state index in [2.05, 4.69) is 10.3 Å². The maximum atomic E-state index is 11.9. The molecule has 2 amide bonds. The minimum atomic E-state index is -1.13. The minimum absolute atomic E-state index is 0.0833. The van der Waals surface area contributed by atoms with E-state index in [0.29, 0.717) is 21.8 Å². The predicted molar refractivity (Wildman–Crippen MR) is 75.2 cm³/mol. The van der Waals surface area contributed by atoms with Crippen LogP contribution in [-0.2, 0) is 0 Å². The third-order valence-corrected chi connectivity index (χ3v) is 3.86. The highest BCUT2D eigenvalue weighted by molar-refractivity contribution is 7.14. The van der Waals surface area contributed by atoms with Gasteiger partial charge in [0, 0.05) is 12.7 Å². The highest BCUT2D eigenvalue weighted by Crippen LogP contribution is 2.29. The fraction of sp³-hybridized carbons (Fsp3) is 0.0769. The van der Waals surface area contributed by atoms with Crippen LogP contribution in [0.4, 0.5) is 10.7 Å². The zero-order valence-electron chi connectivity index (χ0n) is 10.8. The van der Waals surface area contributed by atoms with Crippen LogP contribution in [0.2, 0.25) is 0 Å². The van der Waals surface area contributed by atoms with Gasteiger partial charge in [-0.1, -0.05) is 0 Å². The number of amides is 2. The van der Waals surface area contributed by atoms with Crippen molar-refractivity contribution in [1.29, 1.82) is 0 Å². The van der Waals surface area contributed by atoms with Crippen LogP contribution < -0.4 is 5.32 Å². The summed E-state index contributed by atoms with van der Waals surface area (Å²) in [6.45, 7) is 0. The van der Waals surface area contributed by atoms with Crippen molar-refractivity contribution in [3.63, 3.8) is 0 Å². The predicted octanol–water partition coefficient (Wildman–Crippen LogP) is 1.81. The zero-order chi connectivity index (χ0) is 15.1. The molecule has 2 aromatic rings. The number of carboxylic acid groups (broad SMARTS) is 1. The standard InChI is InChI=1S/C13H9N3O4S/c1-16-11(17)7-3-2-6(4-8(7)12(16)18)15-10-9(13(19)20)14-5-21-10/h2-5,15H,1H3,(H,19,20). The lowest BCUT2D eigenvalue weighted by Gasteiger charge is -2.05. The van der Waals surface area contributed by atoms with Crippen LogP contribution in [0.15, 0.2) is 23.7 Å². The number of aromatic carboxylic acids is 1. The molecule has 2 N–H and O–H groups in total. The summed E-state index contributed by atoms with van der Waals surface area (Å²) in [7, 11) is 1.42. The summed E-state index contributed by atoms with van der Waals surface area (Å²) in [6, 6.07) is 4.70. The van der Waals surface area contributed by atoms with Gasteiger partial charge in [0.15, 0.2) is 5.69 Å². The van der Waals surface area contributed by atoms with Crippen molar-refractivity contribution in [2.45, 2.75) is 0 Å². The fourth-order valence-corrected chi connectivity index (χ4v) is 2.75. The molecule has 0 atom stereocenters. The average Bonchev–Trinajstić information content (AvgIpc) is 3.00. The van der Waals surface area contributed by atoms with E-state index in [1.807, 2.05) is 0 Å². The van der Waals surface area contributed by atoms with Crippen molar-refractivity contribution < 1.29 is 19.5 Å². The number of fused-ring (bicyclic) bond motifs is 1. The summed E-state index contributed by atoms with van der Waals surface area (Å²) in [5, 5.41) is 12.3. The minimum Gasteiger partial charge on any atom is -0.476 e. The van der Waals surface area contributed by atoms with Gasteiger partial charge in [-0.3, -0.25) is 14.5 Å². The van der Waals surface area contributed by atoms with E-state index in [-0.39, 0.29) is 17.5 Å². The van der Waals surface area contributed by atoms with Gasteiger partial charge in [0.2, 0.25) is 0 Å². The molecule has 0 spiro atoms. The Kier molecular flexibility index (Phi) is 2.95. The summed E-state index contributed by atoms with van der Waals surface area (Å²) in [5.41, 5.74) is 2.50. The Balaban J connectivity index is 1.96. The van der Waals surface area contributed by atoms with Crippen LogP contribution in [0.1, 0.15) is 31.2 Å². The molecule has 21 heavy (non-hydrogen) atoms. The lowest BCUT2D eigenvalue weighted by molar-refractivity contribution is 0.0680. The third kappa shape index (κ3) is 2.05. The smallest absolute Gasteiger partial charge is 0.357 e. The summed E-state index contributed by atoms with van der Waals surface area (Å²) < 4.78 is 0. The number of anilines is 2. The molecule has 0 aliphatic carbocycles. The molecular weight excluding hydrogens is 294 g/mol. The first kappa shape index (κ1) is 13.3. The third-order valence-electron chi connectivity index (χ3n) is 3.12. The lowest BCUT2D eigenvalue weighted by atomic mass is 10.1. The number of benzene rings is 1. The summed E-state index contributed by atoms with van der Waals surface area (Å²) in [5.74, 6) is -1.85. The summed E-state index contributed by atoms with van der Waals surface area (Å²) in [4.78, 5) is 39.5. The Bertz CT molecular complexity index is 783. The van der Waals surface area contributed by atoms with Crippen LogP contribution in [0.25, 0.3) is 0 Å². The van der Waals surface area contributed by atoms with Gasteiger partial charge in [-0.25, -0.2) is 9.78 Å². The number of imide groups is 1. The second-order valence-corrected chi connectivity index (χ2v) is 5.24. The number of aromatic nitrogens is 1. The molecule has 1 aromatic carbocycles. The molecule has 0 unspecified atom stereocenters. The molecular formula is C13H9N3O4S. The van der Waals surface area contributed by atoms with Gasteiger partial charge >= 0.3 is 5.97 Å². The van der Waals surface area contributed by atoms with E-state index >= 15 is 0 Å². The molecule has 0 bridgehead atoms. The molecule has 1 aliphatic rings. The normalized spacial score (nSPS) is 13.5. The Hall–Kier alpha value is -2.74. The van der Waals surface area contributed by atoms with Crippen molar-refractivity contribution in [3.8, 4) is 0 Å². The molecule has 0 saturated carbocycles. The maximum absolute atomic E-state index is 11.9. The SMILES string of the molecule is CN1C(=O)c2ccc(Nc3scnc3C(=O)O)cc2C1=O. The highest BCUT2D eigenvalue weighted by Gasteiger charge is 2.32. The van der Waals surface area contributed by atoms with Gasteiger partial charge in [0.05, 0.1) is 16.6 Å². The number of nitrogens with zero attached hydrogens (tertiary/aromatic N) is 2. The average molecular weight is 303 g/mol. The number of carbonyl (C=O) groups excluding carboxylic acids is 2. The van der Waals surface area contributed by atoms with Gasteiger partial charge in [0.25, 0.3) is 11.8 Å². The largest absolute Gasteiger partial charge is 0.476 e. The van der Waals surface area contributed by atoms with E-state index in [0.717, 1.165) is 16.2 Å². The van der Waals surface area contributed by atoms with Crippen LogP contribution in [-0.4, -0.2) is 39.8 Å². The van der Waals surface area contributed by atoms with E-state index in [1.165, 1.54) is 18.6 Å². The Labute approximate surface area is 122 Å². The molecule has 3 rings (SSSR count). The van der Waals surface area contributed by atoms with Crippen molar-refractivity contribution in [3.05, 3.63) is 40.5 Å². The summed E-state index contributed by atoms with van der Waals surface area (Å²) >= 11 is 1.14. The van der Waals surface area contributed by atoms with Gasteiger partial charge in [0.1, 0.15) is 5.00 Å². The van der Waals surface area contributed by atoms with Crippen molar-refractivity contribution in [2.24, 2.45) is 0 Å². The van der Waals surface area contributed by atoms with E-state index in [9.17, 15) is 14.4 Å². The van der Waals surface area contributed by atoms with E-state index in [1.54, 1.807) is 12.1 Å². The summed E-state index contributed by atoms with van der Waals surface area (Å²) in [6.07, 6.45) is 0. The molecule has 1 aliphatic heterocycles. The fourth-order valence-electron chi connectivity index (χ4n) is 2.06. The lowest BCUT2D eigenvalue weighted by Crippen LogP contribution is -2.24. The number of carboxylic acids is 1. The first-order valence-corrected chi connectivity index (χ1v) is 6.77. The van der Waals surface area contributed by atoms with Gasteiger partial charge in [-0.05, 0) is 18.2 Å². The van der Waals surface area contributed by atoms with Gasteiger partial charge in [-0.15, -0.1) is 11.3 Å². The Morgan fingerprint density at radius 2 is 2.00 bits per heavy atom. The first-order valence-electron chi connectivity index (χ1n) is 5.89. The molecule has 106 valence electrons. The van der Waals surface area contributed by atoms with Crippen molar-refractivity contribution >= 4 is 39.8 Å². The van der Waals surface area contributed by atoms with E-state index < -0.39 is 5.97 Å². The van der Waals surface area contributed by atoms with Crippen molar-refractivity contribution in [1.82, 2.24) is 9.88 Å². The molecule has 0 radical (unpaired) electrons. The quantitative estimate of drug-likeness (QED) is 0.839. The van der Waals surface area contributed by atoms with Gasteiger partial charge in [-0.2, -0.15) is 0 Å². The van der Waals surface area contributed by atoms with Gasteiger partial charge < -0.3 is 10.4 Å². The van der Waals surface area contributed by atoms with Crippen LogP contribution in [0.5, 0.6) is 0 Å². The molecule has 7 nitrogen and oxygen atoms in total. The first-order chi connectivity index (χ1) is 9.99. The van der Waals surface area contributed by atoms with Crippen LogP contribution >= 0.6 is 11.3 Å². The second kappa shape index (κ2) is 4.67. The number of hydrogen-bond acceptors (Lipinski definition) is 6. The number of rotatable bonds is 3. The van der Waals surface area contributed by atoms with Crippen LogP contribution in [0.3, 0.4) is 0 Å². The van der Waals surface area contributed by atoms with E-state index in [4.69, 9.17) is 5.11 Å². The topological polar surface area (TPSA) is 99.6 Å². The van der Waals surface area contributed by atoms with Crippen molar-refractivity contribution in [2.75, 3.05) is 12.4 Å². The Morgan fingerprint density at radius 1 is 1.29 bits per heavy atom.